The number of nitrogen functional groups attached to an aromatic ring is 3. The normalized spacial score (nSPS) is 30.2. The van der Waals surface area contributed by atoms with E-state index in [1.54, 1.807) is 6.92 Å². The number of aliphatic hydroxyl groups excluding tert-OH is 3. The van der Waals surface area contributed by atoms with Gasteiger partial charge in [0.05, 0.1) is 45.6 Å². The minimum atomic E-state index is -6.15. The lowest BCUT2D eigenvalue weighted by Gasteiger charge is -2.26. The molecule has 6 aromatic rings. The molecular weight excluding hydrogens is 1110 g/mol. The van der Waals surface area contributed by atoms with E-state index in [1.165, 1.54) is 27.1 Å². The number of H-pyrrole nitrogens is 2. The Bertz CT molecular complexity index is 3490. The second kappa shape index (κ2) is 20.9. The van der Waals surface area contributed by atoms with E-state index in [9.17, 15) is 62.7 Å². The van der Waals surface area contributed by atoms with Gasteiger partial charge in [-0.15, -0.1) is 0 Å². The second-order valence-electron chi connectivity index (χ2n) is 17.0. The molecule has 16 atom stereocenters. The van der Waals surface area contributed by atoms with Crippen molar-refractivity contribution in [2.24, 2.45) is 13.0 Å². The summed E-state index contributed by atoms with van der Waals surface area (Å²) < 4.78 is 110. The lowest BCUT2D eigenvalue weighted by Crippen LogP contribution is -2.45. The fourth-order valence-corrected chi connectivity index (χ4v) is 13.4. The topological polar surface area (TPSA) is 542 Å². The van der Waals surface area contributed by atoms with E-state index in [-0.39, 0.29) is 57.6 Å². The van der Waals surface area contributed by atoms with Crippen LogP contribution in [0, 0.1) is 5.92 Å². The number of phosphoric acid groups is 4. The standard InChI is InChI=1S/C34H47N15O23P4/c1-4-12-13(67-30(19(12)50)49-11-46(2)18-27(49)43-34(37)45-29(18)54)5-65-74(57,58)71-76(61,62)72-75(59,60)66-7-15-22(23(63-3)32(69-15)47-9-40-16-24(35)38-8-39-25(16)47)70-73(55,56)64-6-14-20(51)21(52)31(68-14)48-10-41-17-26(48)42-33(36)44-28(17)53/h8-15,19-23,30-32,50-52H,4-7H2,1-3H3,(H11-,35,36,37,38,39,42,43,44,45,53,54,55,56,57,58,59,60,61,62)/p+1/t12-,13+,14+,15+,19-,20+,21+,22+,23+,30+,31+,32+/m0/s1. The summed E-state index contributed by atoms with van der Waals surface area (Å²) in [5, 5.41) is 33.0. The van der Waals surface area contributed by atoms with Crippen molar-refractivity contribution in [1.29, 1.82) is 0 Å². The SMILES string of the molecule is CC[C@@H]1[C@H](O)[C@H]([n+]2cn(C)c3c(=O)[nH]c(N)nc32)O[C@@H]1COP(=O)(O)OP(=O)(O)OP(=O)(O)OC[C@H]1O[C@@H](n2cnc3c(N)ncnc32)[C@H](OC)[C@@H]1OP(=O)(O)OC[C@H]1O[C@@H](n2cnc3c(=O)[nH]c(N)nc32)[C@H](O)[C@@H]1O. The van der Waals surface area contributed by atoms with Gasteiger partial charge in [-0.25, -0.2) is 42.8 Å². The number of nitrogens with one attached hydrogen (secondary N) is 2. The van der Waals surface area contributed by atoms with Crippen molar-refractivity contribution < 1.29 is 103 Å². The third-order valence-corrected chi connectivity index (χ3v) is 17.5. The van der Waals surface area contributed by atoms with Crippen LogP contribution >= 0.6 is 31.3 Å². The highest BCUT2D eigenvalue weighted by Crippen LogP contribution is 2.68. The molecule has 9 heterocycles. The third-order valence-electron chi connectivity index (χ3n) is 12.2. The van der Waals surface area contributed by atoms with E-state index >= 15 is 0 Å². The maximum atomic E-state index is 13.7. The van der Waals surface area contributed by atoms with E-state index in [0.29, 0.717) is 0 Å². The predicted octanol–water partition coefficient (Wildman–Crippen LogP) is -3.05. The van der Waals surface area contributed by atoms with E-state index in [2.05, 4.69) is 48.5 Å². The molecule has 42 heteroatoms. The number of nitrogens with zero attached hydrogens (tertiary/aromatic N) is 10. The Labute approximate surface area is 422 Å². The molecule has 416 valence electrons. The number of aromatic nitrogens is 12. The van der Waals surface area contributed by atoms with Crippen LogP contribution in [0.25, 0.3) is 33.5 Å². The largest absolute Gasteiger partial charge is 0.490 e. The molecular formula is C34H48N15O23P4+. The molecule has 9 rings (SSSR count). The lowest BCUT2D eigenvalue weighted by atomic mass is 9.95. The molecule has 38 nitrogen and oxygen atoms in total. The van der Waals surface area contributed by atoms with Gasteiger partial charge in [0.1, 0.15) is 54.6 Å². The highest BCUT2D eigenvalue weighted by Gasteiger charge is 2.54. The molecule has 76 heavy (non-hydrogen) atoms. The number of anilines is 3. The number of aliphatic hydroxyl groups is 3. The number of aromatic amines is 2. The van der Waals surface area contributed by atoms with Crippen molar-refractivity contribution in [2.75, 3.05) is 44.1 Å². The number of rotatable bonds is 20. The molecule has 6 aromatic heterocycles. The number of imidazole rings is 3. The van der Waals surface area contributed by atoms with Crippen LogP contribution in [0.2, 0.25) is 0 Å². The van der Waals surface area contributed by atoms with Gasteiger partial charge >= 0.3 is 36.9 Å². The van der Waals surface area contributed by atoms with Crippen molar-refractivity contribution in [3.8, 4) is 0 Å². The molecule has 3 saturated heterocycles. The number of hydrogen-bond acceptors (Lipinski definition) is 28. The number of aryl methyl sites for hydroxylation is 1. The molecule has 3 fully saturated rings. The minimum absolute atomic E-state index is 0.0159. The van der Waals surface area contributed by atoms with Gasteiger partial charge in [0.25, 0.3) is 17.1 Å². The van der Waals surface area contributed by atoms with Crippen LogP contribution in [0.15, 0.2) is 34.9 Å². The quantitative estimate of drug-likeness (QED) is 0.0267. The van der Waals surface area contributed by atoms with Crippen LogP contribution in [-0.2, 0) is 71.0 Å². The van der Waals surface area contributed by atoms with Crippen LogP contribution in [0.3, 0.4) is 0 Å². The summed E-state index contributed by atoms with van der Waals surface area (Å²) in [6, 6.07) is 0. The highest BCUT2D eigenvalue weighted by atomic mass is 31.3. The Morgan fingerprint density at radius 1 is 0.697 bits per heavy atom. The highest BCUT2D eigenvalue weighted by molar-refractivity contribution is 7.66. The number of methoxy groups -OCH3 is 1. The maximum absolute atomic E-state index is 13.7. The van der Waals surface area contributed by atoms with E-state index in [0.717, 1.165) is 30.7 Å². The van der Waals surface area contributed by atoms with Gasteiger partial charge in [-0.1, -0.05) is 11.9 Å². The van der Waals surface area contributed by atoms with Gasteiger partial charge in [-0.3, -0.25) is 51.4 Å². The van der Waals surface area contributed by atoms with Crippen LogP contribution < -0.4 is 32.9 Å². The first-order valence-corrected chi connectivity index (χ1v) is 28.0. The van der Waals surface area contributed by atoms with Crippen molar-refractivity contribution in [3.05, 3.63) is 46.0 Å². The first-order chi connectivity index (χ1) is 35.7. The number of phosphoric ester groups is 3. The lowest BCUT2D eigenvalue weighted by molar-refractivity contribution is -0.745. The second-order valence-corrected chi connectivity index (χ2v) is 23.1. The average Bonchev–Trinajstić information content (AvgIpc) is 4.20. The van der Waals surface area contributed by atoms with Gasteiger partial charge in [-0.2, -0.15) is 13.6 Å². The van der Waals surface area contributed by atoms with Crippen molar-refractivity contribution in [1.82, 2.24) is 53.6 Å². The number of ether oxygens (including phenoxy) is 4. The van der Waals surface area contributed by atoms with Gasteiger partial charge in [-0.05, 0) is 6.42 Å². The fraction of sp³-hybridized carbons (Fsp3) is 0.559. The average molecular weight is 1160 g/mol. The van der Waals surface area contributed by atoms with Crippen LogP contribution in [0.1, 0.15) is 32.0 Å². The summed E-state index contributed by atoms with van der Waals surface area (Å²) >= 11 is 0. The van der Waals surface area contributed by atoms with Crippen LogP contribution in [-0.4, -0.2) is 164 Å². The Hall–Kier alpha value is -5.11. The van der Waals surface area contributed by atoms with Gasteiger partial charge in [0.2, 0.25) is 17.7 Å². The van der Waals surface area contributed by atoms with E-state index in [1.807, 2.05) is 0 Å². The zero-order valence-corrected chi connectivity index (χ0v) is 42.8. The summed E-state index contributed by atoms with van der Waals surface area (Å²) in [6.07, 6.45) is -12.3. The molecule has 0 bridgehead atoms. The molecule has 0 spiro atoms. The summed E-state index contributed by atoms with van der Waals surface area (Å²) in [5.74, 6) is -1.46. The molecule has 3 aliphatic rings. The van der Waals surface area contributed by atoms with Crippen molar-refractivity contribution in [2.45, 2.75) is 80.9 Å². The first-order valence-electron chi connectivity index (χ1n) is 22.0. The molecule has 4 unspecified atom stereocenters. The van der Waals surface area contributed by atoms with Crippen LogP contribution in [0.4, 0.5) is 17.7 Å². The van der Waals surface area contributed by atoms with Crippen molar-refractivity contribution >= 4 is 82.5 Å². The van der Waals surface area contributed by atoms with Gasteiger partial charge in [0.15, 0.2) is 41.4 Å². The monoisotopic (exact) mass is 1160 g/mol. The van der Waals surface area contributed by atoms with Gasteiger partial charge < -0.3 is 71.0 Å². The fourth-order valence-electron chi connectivity index (χ4n) is 8.88. The number of nitrogens with two attached hydrogens (primary N) is 3. The first kappa shape index (κ1) is 55.6. The maximum Gasteiger partial charge on any atom is 0.490 e. The Morgan fingerprint density at radius 3 is 1.96 bits per heavy atom. The summed E-state index contributed by atoms with van der Waals surface area (Å²) in [7, 11) is -20.6. The summed E-state index contributed by atoms with van der Waals surface area (Å²) in [4.78, 5) is 96.3. The predicted molar refractivity (Wildman–Crippen MR) is 247 cm³/mol. The number of fused-ring (bicyclic) bond motifs is 3. The Kier molecular flexibility index (Phi) is 15.3. The molecule has 0 radical (unpaired) electrons. The van der Waals surface area contributed by atoms with Gasteiger partial charge in [0, 0.05) is 13.0 Å². The zero-order valence-electron chi connectivity index (χ0n) is 39.2. The molecule has 0 aromatic carbocycles. The smallest absolute Gasteiger partial charge is 0.387 e. The molecule has 15 N–H and O–H groups in total. The zero-order chi connectivity index (χ0) is 55.0. The molecule has 0 amide bonds. The summed E-state index contributed by atoms with van der Waals surface area (Å²) in [5.41, 5.74) is 15.8. The minimum Gasteiger partial charge on any atom is -0.387 e. The van der Waals surface area contributed by atoms with E-state index in [4.69, 9.17) is 54.2 Å². The summed E-state index contributed by atoms with van der Waals surface area (Å²) in [6.45, 7) is -1.46. The Morgan fingerprint density at radius 2 is 1.29 bits per heavy atom. The molecule has 0 aliphatic carbocycles. The van der Waals surface area contributed by atoms with E-state index < -0.39 is 136 Å². The Balaban J connectivity index is 0.866. The molecule has 3 aliphatic heterocycles. The van der Waals surface area contributed by atoms with Crippen molar-refractivity contribution in [3.63, 3.8) is 0 Å². The molecule has 0 saturated carbocycles. The number of hydrogen-bond donors (Lipinski definition) is 12. The van der Waals surface area contributed by atoms with Crippen LogP contribution in [0.5, 0.6) is 0 Å². The third kappa shape index (κ3) is 11.0.